The lowest BCUT2D eigenvalue weighted by molar-refractivity contribution is 0.140. The number of hydrogen-bond donors (Lipinski definition) is 1. The van der Waals surface area contributed by atoms with Crippen molar-refractivity contribution in [2.45, 2.75) is 13.0 Å². The van der Waals surface area contributed by atoms with Gasteiger partial charge in [-0.3, -0.25) is 4.90 Å². The Morgan fingerprint density at radius 1 is 1.22 bits per heavy atom. The van der Waals surface area contributed by atoms with Crippen molar-refractivity contribution in [3.63, 3.8) is 0 Å². The Hall–Kier alpha value is -1.00. The maximum atomic E-state index is 13.6. The lowest BCUT2D eigenvalue weighted by Crippen LogP contribution is -2.39. The molecule has 2 saturated heterocycles. The largest absolute Gasteiger partial charge is 0.316 e. The maximum absolute atomic E-state index is 13.6. The Morgan fingerprint density at radius 3 is 2.94 bits per heavy atom. The van der Waals surface area contributed by atoms with Crippen LogP contribution in [0.3, 0.4) is 0 Å². The molecular formula is C14H18F2N2. The van der Waals surface area contributed by atoms with Crippen LogP contribution in [0.1, 0.15) is 12.0 Å². The SMILES string of the molecule is Fc1cccc(CN2CCC3CNCC3C2)c1F. The molecule has 0 saturated carbocycles. The second kappa shape index (κ2) is 4.94. The van der Waals surface area contributed by atoms with Gasteiger partial charge >= 0.3 is 0 Å². The van der Waals surface area contributed by atoms with Crippen LogP contribution in [-0.4, -0.2) is 31.1 Å². The number of benzene rings is 1. The van der Waals surface area contributed by atoms with Gasteiger partial charge in [0.25, 0.3) is 0 Å². The van der Waals surface area contributed by atoms with Crippen LogP contribution in [0.4, 0.5) is 8.78 Å². The minimum absolute atomic E-state index is 0.472. The first-order chi connectivity index (χ1) is 8.74. The molecule has 0 aromatic heterocycles. The minimum atomic E-state index is -0.745. The zero-order valence-corrected chi connectivity index (χ0v) is 10.3. The lowest BCUT2D eigenvalue weighted by Gasteiger charge is -2.34. The van der Waals surface area contributed by atoms with E-state index in [1.54, 1.807) is 12.1 Å². The topological polar surface area (TPSA) is 15.3 Å². The first-order valence-electron chi connectivity index (χ1n) is 6.60. The summed E-state index contributed by atoms with van der Waals surface area (Å²) in [6.45, 7) is 4.68. The van der Waals surface area contributed by atoms with Crippen LogP contribution in [0, 0.1) is 23.5 Å². The van der Waals surface area contributed by atoms with E-state index in [0.29, 0.717) is 18.0 Å². The molecule has 0 amide bonds. The van der Waals surface area contributed by atoms with Gasteiger partial charge in [0.05, 0.1) is 0 Å². The van der Waals surface area contributed by atoms with Gasteiger partial charge in [-0.25, -0.2) is 8.78 Å². The van der Waals surface area contributed by atoms with Crippen molar-refractivity contribution in [3.8, 4) is 0 Å². The molecule has 4 heteroatoms. The van der Waals surface area contributed by atoms with Crippen molar-refractivity contribution >= 4 is 0 Å². The van der Waals surface area contributed by atoms with Gasteiger partial charge in [-0.05, 0) is 44.0 Å². The van der Waals surface area contributed by atoms with Gasteiger partial charge in [0.2, 0.25) is 0 Å². The van der Waals surface area contributed by atoms with E-state index >= 15 is 0 Å². The number of fused-ring (bicyclic) bond motifs is 1. The lowest BCUT2D eigenvalue weighted by atomic mass is 9.88. The smallest absolute Gasteiger partial charge is 0.163 e. The van der Waals surface area contributed by atoms with Crippen molar-refractivity contribution in [1.29, 1.82) is 0 Å². The molecule has 1 aromatic carbocycles. The molecule has 98 valence electrons. The first kappa shape index (κ1) is 12.1. The third-order valence-corrected chi connectivity index (χ3v) is 4.21. The summed E-state index contributed by atoms with van der Waals surface area (Å²) >= 11 is 0. The van der Waals surface area contributed by atoms with E-state index in [2.05, 4.69) is 10.2 Å². The molecule has 2 atom stereocenters. The molecule has 0 radical (unpaired) electrons. The van der Waals surface area contributed by atoms with E-state index in [0.717, 1.165) is 38.5 Å². The molecule has 2 aliphatic rings. The molecule has 1 N–H and O–H groups in total. The van der Waals surface area contributed by atoms with Gasteiger partial charge < -0.3 is 5.32 Å². The Balaban J connectivity index is 1.68. The van der Waals surface area contributed by atoms with Crippen LogP contribution in [0.2, 0.25) is 0 Å². The minimum Gasteiger partial charge on any atom is -0.316 e. The van der Waals surface area contributed by atoms with Gasteiger partial charge in [0.15, 0.2) is 11.6 Å². The van der Waals surface area contributed by atoms with Crippen LogP contribution in [0.15, 0.2) is 18.2 Å². The summed E-state index contributed by atoms with van der Waals surface area (Å²) in [5, 5.41) is 3.41. The van der Waals surface area contributed by atoms with E-state index in [1.807, 2.05) is 0 Å². The second-order valence-electron chi connectivity index (χ2n) is 5.42. The van der Waals surface area contributed by atoms with E-state index < -0.39 is 11.6 Å². The summed E-state index contributed by atoms with van der Waals surface area (Å²) in [6.07, 6.45) is 1.16. The quantitative estimate of drug-likeness (QED) is 0.866. The highest BCUT2D eigenvalue weighted by atomic mass is 19.2. The van der Waals surface area contributed by atoms with Gasteiger partial charge in [0.1, 0.15) is 0 Å². The Labute approximate surface area is 106 Å². The summed E-state index contributed by atoms with van der Waals surface area (Å²) in [6, 6.07) is 4.43. The first-order valence-corrected chi connectivity index (χ1v) is 6.60. The van der Waals surface area contributed by atoms with Crippen molar-refractivity contribution < 1.29 is 8.78 Å². The predicted molar refractivity (Wildman–Crippen MR) is 66.1 cm³/mol. The zero-order valence-electron chi connectivity index (χ0n) is 10.3. The highest BCUT2D eigenvalue weighted by Gasteiger charge is 2.32. The Bertz CT molecular complexity index is 436. The molecule has 0 aliphatic carbocycles. The standard InChI is InChI=1S/C14H18F2N2/c15-13-3-1-2-11(14(13)16)8-18-5-4-10-6-17-7-12(10)9-18/h1-3,10,12,17H,4-9H2. The maximum Gasteiger partial charge on any atom is 0.163 e. The number of nitrogens with one attached hydrogen (secondary N) is 1. The average Bonchev–Trinajstić information content (AvgIpc) is 2.82. The fourth-order valence-electron chi connectivity index (χ4n) is 3.17. The predicted octanol–water partition coefficient (Wildman–Crippen LogP) is 2.01. The molecule has 0 bridgehead atoms. The van der Waals surface area contributed by atoms with Gasteiger partial charge in [-0.15, -0.1) is 0 Å². The summed E-state index contributed by atoms with van der Waals surface area (Å²) in [7, 11) is 0. The number of halogens is 2. The number of rotatable bonds is 2. The average molecular weight is 252 g/mol. The molecule has 0 spiro atoms. The van der Waals surface area contributed by atoms with Crippen molar-refractivity contribution in [1.82, 2.24) is 10.2 Å². The molecular weight excluding hydrogens is 234 g/mol. The van der Waals surface area contributed by atoms with E-state index in [1.165, 1.54) is 6.07 Å². The van der Waals surface area contributed by atoms with Crippen LogP contribution in [-0.2, 0) is 6.54 Å². The monoisotopic (exact) mass is 252 g/mol. The number of piperidine rings is 1. The summed E-state index contributed by atoms with van der Waals surface area (Å²) in [4.78, 5) is 2.24. The van der Waals surface area contributed by atoms with Crippen molar-refractivity contribution in [2.24, 2.45) is 11.8 Å². The number of likely N-dealkylation sites (tertiary alicyclic amines) is 1. The number of hydrogen-bond acceptors (Lipinski definition) is 2. The molecule has 2 heterocycles. The van der Waals surface area contributed by atoms with Crippen LogP contribution in [0.25, 0.3) is 0 Å². The Kier molecular flexibility index (Phi) is 3.31. The van der Waals surface area contributed by atoms with Crippen LogP contribution >= 0.6 is 0 Å². The van der Waals surface area contributed by atoms with E-state index in [9.17, 15) is 8.78 Å². The summed E-state index contributed by atoms with van der Waals surface area (Å²) in [5.74, 6) is 0.0167. The van der Waals surface area contributed by atoms with Gasteiger partial charge in [0, 0.05) is 18.7 Å². The van der Waals surface area contributed by atoms with Gasteiger partial charge in [-0.2, -0.15) is 0 Å². The third kappa shape index (κ3) is 2.27. The Morgan fingerprint density at radius 2 is 2.06 bits per heavy atom. The molecule has 2 aliphatic heterocycles. The fourth-order valence-corrected chi connectivity index (χ4v) is 3.17. The summed E-state index contributed by atoms with van der Waals surface area (Å²) in [5.41, 5.74) is 0.472. The van der Waals surface area contributed by atoms with Crippen molar-refractivity contribution in [2.75, 3.05) is 26.2 Å². The molecule has 2 nitrogen and oxygen atoms in total. The molecule has 18 heavy (non-hydrogen) atoms. The third-order valence-electron chi connectivity index (χ3n) is 4.21. The zero-order chi connectivity index (χ0) is 12.5. The van der Waals surface area contributed by atoms with Crippen molar-refractivity contribution in [3.05, 3.63) is 35.4 Å². The highest BCUT2D eigenvalue weighted by Crippen LogP contribution is 2.27. The molecule has 2 fully saturated rings. The molecule has 3 rings (SSSR count). The van der Waals surface area contributed by atoms with Crippen LogP contribution < -0.4 is 5.32 Å². The normalized spacial score (nSPS) is 28.3. The second-order valence-corrected chi connectivity index (χ2v) is 5.42. The highest BCUT2D eigenvalue weighted by molar-refractivity contribution is 5.19. The van der Waals surface area contributed by atoms with Gasteiger partial charge in [-0.1, -0.05) is 12.1 Å². The van der Waals surface area contributed by atoms with E-state index in [-0.39, 0.29) is 0 Å². The molecule has 1 aromatic rings. The fraction of sp³-hybridized carbons (Fsp3) is 0.571. The van der Waals surface area contributed by atoms with E-state index in [4.69, 9.17) is 0 Å². The van der Waals surface area contributed by atoms with Crippen LogP contribution in [0.5, 0.6) is 0 Å². The molecule has 2 unspecified atom stereocenters. The summed E-state index contributed by atoms with van der Waals surface area (Å²) < 4.78 is 26.8. The number of nitrogens with zero attached hydrogens (tertiary/aromatic N) is 1.